The van der Waals surface area contributed by atoms with Crippen LogP contribution in [0.15, 0.2) is 42.5 Å². The first-order valence-corrected chi connectivity index (χ1v) is 7.31. The van der Waals surface area contributed by atoms with Crippen LogP contribution in [0.5, 0.6) is 5.75 Å². The first-order chi connectivity index (χ1) is 9.99. The van der Waals surface area contributed by atoms with Gasteiger partial charge in [0.2, 0.25) is 0 Å². The van der Waals surface area contributed by atoms with Gasteiger partial charge in [-0.3, -0.25) is 0 Å². The quantitative estimate of drug-likeness (QED) is 0.882. The number of rotatable bonds is 5. The molecule has 1 atom stereocenters. The summed E-state index contributed by atoms with van der Waals surface area (Å²) in [6.45, 7) is 3.91. The van der Waals surface area contributed by atoms with Crippen LogP contribution in [0.3, 0.4) is 0 Å². The average Bonchev–Trinajstić information content (AvgIpc) is 2.44. The van der Waals surface area contributed by atoms with Gasteiger partial charge in [-0.05, 0) is 38.0 Å². The van der Waals surface area contributed by atoms with Gasteiger partial charge in [-0.25, -0.2) is 4.39 Å². The van der Waals surface area contributed by atoms with Gasteiger partial charge in [-0.2, -0.15) is 0 Å². The number of ether oxygens (including phenoxy) is 1. The van der Waals surface area contributed by atoms with Crippen LogP contribution in [0, 0.1) is 5.82 Å². The number of benzene rings is 2. The van der Waals surface area contributed by atoms with E-state index in [1.54, 1.807) is 12.1 Å². The molecule has 0 aromatic heterocycles. The Bertz CT molecular complexity index is 615. The summed E-state index contributed by atoms with van der Waals surface area (Å²) in [5.74, 6) is 0.333. The first kappa shape index (κ1) is 15.8. The number of hydrogen-bond acceptors (Lipinski definition) is 2. The lowest BCUT2D eigenvalue weighted by atomic mass is 9.98. The SMILES string of the molecule is CC(C)Oc1ccccc1C(N)Cc1cccc(Cl)c1F. The number of halogens is 2. The van der Waals surface area contributed by atoms with Crippen LogP contribution in [-0.2, 0) is 6.42 Å². The molecule has 0 spiro atoms. The molecule has 0 bridgehead atoms. The molecule has 0 amide bonds. The van der Waals surface area contributed by atoms with E-state index >= 15 is 0 Å². The maximum atomic E-state index is 14.0. The zero-order valence-corrected chi connectivity index (χ0v) is 12.9. The van der Waals surface area contributed by atoms with Crippen LogP contribution in [0.2, 0.25) is 5.02 Å². The highest BCUT2D eigenvalue weighted by Crippen LogP contribution is 2.28. The van der Waals surface area contributed by atoms with E-state index in [9.17, 15) is 4.39 Å². The fourth-order valence-corrected chi connectivity index (χ4v) is 2.40. The Morgan fingerprint density at radius 3 is 2.57 bits per heavy atom. The predicted octanol–water partition coefficient (Wildman–Crippen LogP) is 4.51. The Morgan fingerprint density at radius 1 is 1.14 bits per heavy atom. The topological polar surface area (TPSA) is 35.2 Å². The monoisotopic (exact) mass is 307 g/mol. The smallest absolute Gasteiger partial charge is 0.145 e. The van der Waals surface area contributed by atoms with E-state index in [0.717, 1.165) is 11.3 Å². The minimum absolute atomic E-state index is 0.0567. The molecule has 2 aromatic carbocycles. The molecule has 0 saturated carbocycles. The molecule has 0 heterocycles. The molecule has 1 unspecified atom stereocenters. The van der Waals surface area contributed by atoms with Crippen molar-refractivity contribution in [2.75, 3.05) is 0 Å². The van der Waals surface area contributed by atoms with E-state index < -0.39 is 5.82 Å². The highest BCUT2D eigenvalue weighted by atomic mass is 35.5. The predicted molar refractivity (Wildman–Crippen MR) is 84.2 cm³/mol. The third-order valence-corrected chi connectivity index (χ3v) is 3.44. The summed E-state index contributed by atoms with van der Waals surface area (Å²) in [6, 6.07) is 12.2. The zero-order chi connectivity index (χ0) is 15.4. The number of para-hydroxylation sites is 1. The Hall–Kier alpha value is -1.58. The summed E-state index contributed by atoms with van der Waals surface area (Å²) in [7, 11) is 0. The van der Waals surface area contributed by atoms with E-state index in [1.165, 1.54) is 6.07 Å². The molecule has 2 rings (SSSR count). The molecule has 0 aliphatic heterocycles. The first-order valence-electron chi connectivity index (χ1n) is 6.93. The van der Waals surface area contributed by atoms with Crippen molar-refractivity contribution in [1.82, 2.24) is 0 Å². The number of hydrogen-bond donors (Lipinski definition) is 1. The zero-order valence-electron chi connectivity index (χ0n) is 12.1. The lowest BCUT2D eigenvalue weighted by Crippen LogP contribution is -2.17. The van der Waals surface area contributed by atoms with Crippen molar-refractivity contribution in [2.24, 2.45) is 5.73 Å². The Labute approximate surface area is 129 Å². The largest absolute Gasteiger partial charge is 0.491 e. The van der Waals surface area contributed by atoms with Crippen LogP contribution in [0.1, 0.15) is 31.0 Å². The highest BCUT2D eigenvalue weighted by molar-refractivity contribution is 6.30. The van der Waals surface area contributed by atoms with Crippen molar-refractivity contribution >= 4 is 11.6 Å². The van der Waals surface area contributed by atoms with Crippen molar-refractivity contribution in [1.29, 1.82) is 0 Å². The summed E-state index contributed by atoms with van der Waals surface area (Å²) in [5.41, 5.74) is 7.61. The molecule has 0 fully saturated rings. The standard InChI is InChI=1S/C17H19ClFNO/c1-11(2)21-16-9-4-3-7-13(16)15(20)10-12-6-5-8-14(18)17(12)19/h3-9,11,15H,10,20H2,1-2H3. The van der Waals surface area contributed by atoms with Gasteiger partial charge in [0, 0.05) is 11.6 Å². The van der Waals surface area contributed by atoms with Crippen molar-refractivity contribution < 1.29 is 9.13 Å². The molecule has 4 heteroatoms. The van der Waals surface area contributed by atoms with Crippen molar-refractivity contribution in [3.8, 4) is 5.75 Å². The lowest BCUT2D eigenvalue weighted by Gasteiger charge is -2.19. The second-order valence-electron chi connectivity index (χ2n) is 5.23. The van der Waals surface area contributed by atoms with Gasteiger partial charge in [0.05, 0.1) is 11.1 Å². The van der Waals surface area contributed by atoms with Crippen LogP contribution >= 0.6 is 11.6 Å². The summed E-state index contributed by atoms with van der Waals surface area (Å²) < 4.78 is 19.7. The van der Waals surface area contributed by atoms with Crippen LogP contribution in [0.4, 0.5) is 4.39 Å². The Kier molecular flexibility index (Phi) is 5.21. The second kappa shape index (κ2) is 6.92. The second-order valence-corrected chi connectivity index (χ2v) is 5.64. The van der Waals surface area contributed by atoms with Crippen LogP contribution in [0.25, 0.3) is 0 Å². The van der Waals surface area contributed by atoms with Gasteiger partial charge in [0.15, 0.2) is 0 Å². The maximum absolute atomic E-state index is 14.0. The molecule has 0 aliphatic rings. The molecule has 2 aromatic rings. The van der Waals surface area contributed by atoms with Gasteiger partial charge < -0.3 is 10.5 Å². The molecule has 0 saturated heterocycles. The van der Waals surface area contributed by atoms with E-state index in [2.05, 4.69) is 0 Å². The molecule has 0 radical (unpaired) electrons. The summed E-state index contributed by atoms with van der Waals surface area (Å²) >= 11 is 5.80. The van der Waals surface area contributed by atoms with E-state index in [-0.39, 0.29) is 17.2 Å². The van der Waals surface area contributed by atoms with E-state index in [1.807, 2.05) is 38.1 Å². The molecule has 2 N–H and O–H groups in total. The minimum atomic E-state index is -0.406. The highest BCUT2D eigenvalue weighted by Gasteiger charge is 2.16. The van der Waals surface area contributed by atoms with Crippen molar-refractivity contribution in [3.05, 3.63) is 64.4 Å². The fraction of sp³-hybridized carbons (Fsp3) is 0.294. The number of nitrogens with two attached hydrogens (primary N) is 1. The third-order valence-electron chi connectivity index (χ3n) is 3.15. The summed E-state index contributed by atoms with van der Waals surface area (Å²) in [4.78, 5) is 0. The molecule has 2 nitrogen and oxygen atoms in total. The van der Waals surface area contributed by atoms with Gasteiger partial charge in [-0.1, -0.05) is 41.9 Å². The Morgan fingerprint density at radius 2 is 1.86 bits per heavy atom. The molecular weight excluding hydrogens is 289 g/mol. The van der Waals surface area contributed by atoms with Gasteiger partial charge in [0.25, 0.3) is 0 Å². The van der Waals surface area contributed by atoms with Gasteiger partial charge in [0.1, 0.15) is 11.6 Å². The van der Waals surface area contributed by atoms with Crippen LogP contribution < -0.4 is 10.5 Å². The van der Waals surface area contributed by atoms with Crippen molar-refractivity contribution in [3.63, 3.8) is 0 Å². The van der Waals surface area contributed by atoms with Crippen molar-refractivity contribution in [2.45, 2.75) is 32.4 Å². The normalized spacial score (nSPS) is 12.5. The maximum Gasteiger partial charge on any atom is 0.145 e. The lowest BCUT2D eigenvalue weighted by molar-refractivity contribution is 0.238. The Balaban J connectivity index is 2.24. The van der Waals surface area contributed by atoms with Gasteiger partial charge >= 0.3 is 0 Å². The van der Waals surface area contributed by atoms with E-state index in [0.29, 0.717) is 12.0 Å². The van der Waals surface area contributed by atoms with Crippen LogP contribution in [-0.4, -0.2) is 6.10 Å². The molecule has 112 valence electrons. The molecule has 0 aliphatic carbocycles. The average molecular weight is 308 g/mol. The molecular formula is C17H19ClFNO. The van der Waals surface area contributed by atoms with Gasteiger partial charge in [-0.15, -0.1) is 0 Å². The summed E-state index contributed by atoms with van der Waals surface area (Å²) in [6.07, 6.45) is 0.423. The third kappa shape index (κ3) is 3.96. The fourth-order valence-electron chi connectivity index (χ4n) is 2.20. The molecule has 21 heavy (non-hydrogen) atoms. The van der Waals surface area contributed by atoms with E-state index in [4.69, 9.17) is 22.1 Å². The minimum Gasteiger partial charge on any atom is -0.491 e. The summed E-state index contributed by atoms with van der Waals surface area (Å²) in [5, 5.41) is 0.117.